The van der Waals surface area contributed by atoms with Crippen molar-refractivity contribution in [2.75, 3.05) is 0 Å². The molecule has 2 aromatic heterocycles. The van der Waals surface area contributed by atoms with Gasteiger partial charge in [0.1, 0.15) is 23.8 Å². The molecular weight excluding hydrogens is 439 g/mol. The Hall–Kier alpha value is -2.04. The molecule has 0 aliphatic heterocycles. The molecule has 0 spiro atoms. The maximum absolute atomic E-state index is 12.7. The van der Waals surface area contributed by atoms with Crippen LogP contribution < -0.4 is 10.3 Å². The van der Waals surface area contributed by atoms with Crippen LogP contribution in [0.4, 0.5) is 0 Å². The van der Waals surface area contributed by atoms with E-state index in [4.69, 9.17) is 9.84 Å². The van der Waals surface area contributed by atoms with Crippen LogP contribution in [0.5, 0.6) is 11.5 Å². The third-order valence-corrected chi connectivity index (χ3v) is 4.99. The monoisotopic (exact) mass is 464 g/mol. The average molecular weight is 465 g/mol. The fraction of sp³-hybridized carbons (Fsp3) is 0.304. The zero-order chi connectivity index (χ0) is 22.5. The first-order valence-corrected chi connectivity index (χ1v) is 10.0. The van der Waals surface area contributed by atoms with Gasteiger partial charge in [-0.05, 0) is 38.0 Å². The normalized spacial score (nSPS) is 10.6. The molecule has 0 radical (unpaired) electrons. The number of aliphatic carboxylic acids is 1. The summed E-state index contributed by atoms with van der Waals surface area (Å²) in [7, 11) is 0. The molecule has 1 aromatic carbocycles. The standard InChI is InChI=1S/C23H24N2O6.K.H/c1-3-5-18-19(9-8-17(14(2)26)21(18)29)31-13-16-6-4-11-25-22(16)24-12-15(23(25)30)7-10-20(27)28;;/h4,6,8-9,11-12,29H,3,5,7,10,13H2,1-2H3,(H,27,28);;. The topological polar surface area (TPSA) is 118 Å². The summed E-state index contributed by atoms with van der Waals surface area (Å²) in [6, 6.07) is 6.67. The van der Waals surface area contributed by atoms with Crippen LogP contribution in [-0.4, -0.2) is 82.7 Å². The Morgan fingerprint density at radius 1 is 1.16 bits per heavy atom. The third kappa shape index (κ3) is 5.84. The van der Waals surface area contributed by atoms with Gasteiger partial charge in [-0.1, -0.05) is 19.4 Å². The molecular formula is C23H25KN2O6. The first-order chi connectivity index (χ1) is 14.8. The quantitative estimate of drug-likeness (QED) is 0.369. The van der Waals surface area contributed by atoms with Gasteiger partial charge >= 0.3 is 57.4 Å². The van der Waals surface area contributed by atoms with Crippen LogP contribution in [0.25, 0.3) is 5.65 Å². The number of hydrogen-bond acceptors (Lipinski definition) is 6. The van der Waals surface area contributed by atoms with Crippen molar-refractivity contribution in [1.29, 1.82) is 0 Å². The Labute approximate surface area is 227 Å². The second-order valence-electron chi connectivity index (χ2n) is 7.24. The number of pyridine rings is 1. The predicted octanol–water partition coefficient (Wildman–Crippen LogP) is 2.50. The number of aryl methyl sites for hydroxylation is 1. The van der Waals surface area contributed by atoms with Gasteiger partial charge in [-0.2, -0.15) is 0 Å². The number of aromatic hydroxyl groups is 1. The van der Waals surface area contributed by atoms with E-state index in [2.05, 4.69) is 4.98 Å². The molecule has 0 fully saturated rings. The van der Waals surface area contributed by atoms with Crippen LogP contribution in [0.15, 0.2) is 41.5 Å². The van der Waals surface area contributed by atoms with E-state index < -0.39 is 5.97 Å². The molecule has 0 amide bonds. The van der Waals surface area contributed by atoms with Crippen LogP contribution in [0.2, 0.25) is 0 Å². The van der Waals surface area contributed by atoms with E-state index in [1.165, 1.54) is 23.6 Å². The van der Waals surface area contributed by atoms with Crippen LogP contribution in [-0.2, 0) is 24.2 Å². The van der Waals surface area contributed by atoms with Gasteiger partial charge in [-0.15, -0.1) is 0 Å². The minimum atomic E-state index is -0.978. The molecule has 2 heterocycles. The molecule has 0 aliphatic carbocycles. The maximum atomic E-state index is 12.7. The number of carbonyl (C=O) groups excluding carboxylic acids is 1. The molecule has 3 aromatic rings. The van der Waals surface area contributed by atoms with Crippen molar-refractivity contribution >= 4 is 68.8 Å². The number of ether oxygens (including phenoxy) is 1. The molecule has 0 aliphatic rings. The van der Waals surface area contributed by atoms with Crippen molar-refractivity contribution in [1.82, 2.24) is 9.38 Å². The van der Waals surface area contributed by atoms with Gasteiger partial charge in [0.15, 0.2) is 5.78 Å². The number of ketones is 1. The molecule has 0 saturated heterocycles. The summed E-state index contributed by atoms with van der Waals surface area (Å²) < 4.78 is 7.32. The average Bonchev–Trinajstić information content (AvgIpc) is 2.73. The number of nitrogens with zero attached hydrogens (tertiary/aromatic N) is 2. The van der Waals surface area contributed by atoms with Crippen LogP contribution in [0.3, 0.4) is 0 Å². The number of fused-ring (bicyclic) bond motifs is 1. The van der Waals surface area contributed by atoms with Gasteiger partial charge in [0.25, 0.3) is 5.56 Å². The van der Waals surface area contributed by atoms with Crippen LogP contribution in [0, 0.1) is 0 Å². The molecule has 8 nitrogen and oxygen atoms in total. The van der Waals surface area contributed by atoms with E-state index in [0.29, 0.717) is 34.5 Å². The zero-order valence-corrected chi connectivity index (χ0v) is 17.4. The number of Topliss-reactive ketones (excluding diaryl/α,β-unsaturated/α-hetero) is 1. The predicted molar refractivity (Wildman–Crippen MR) is 121 cm³/mol. The zero-order valence-electron chi connectivity index (χ0n) is 17.4. The second kappa shape index (κ2) is 11.7. The van der Waals surface area contributed by atoms with Gasteiger partial charge in [0.2, 0.25) is 0 Å². The Morgan fingerprint density at radius 3 is 2.56 bits per heavy atom. The number of phenols is 1. The molecule has 0 bridgehead atoms. The Balaban J connectivity index is 0.00000363. The van der Waals surface area contributed by atoms with Crippen molar-refractivity contribution in [2.45, 2.75) is 46.1 Å². The molecule has 0 unspecified atom stereocenters. The number of carboxylic acids is 1. The fourth-order valence-corrected chi connectivity index (χ4v) is 3.41. The van der Waals surface area contributed by atoms with Crippen molar-refractivity contribution < 1.29 is 24.5 Å². The summed E-state index contributed by atoms with van der Waals surface area (Å²) in [6.45, 7) is 3.46. The number of phenolic OH excluding ortho intramolecular Hbond substituents is 1. The number of carbonyl (C=O) groups is 2. The summed E-state index contributed by atoms with van der Waals surface area (Å²) in [5.74, 6) is -0.805. The summed E-state index contributed by atoms with van der Waals surface area (Å²) in [5.41, 5.74) is 1.89. The van der Waals surface area contributed by atoms with Crippen molar-refractivity contribution in [3.8, 4) is 11.5 Å². The molecule has 0 atom stereocenters. The summed E-state index contributed by atoms with van der Waals surface area (Å²) in [6.07, 6.45) is 4.24. The Morgan fingerprint density at radius 2 is 1.91 bits per heavy atom. The number of rotatable bonds is 9. The van der Waals surface area contributed by atoms with Gasteiger partial charge in [-0.25, -0.2) is 4.98 Å². The van der Waals surface area contributed by atoms with E-state index in [0.717, 1.165) is 6.42 Å². The number of benzene rings is 1. The number of hydrogen-bond donors (Lipinski definition) is 2. The molecule has 3 rings (SSSR count). The van der Waals surface area contributed by atoms with E-state index >= 15 is 0 Å². The van der Waals surface area contributed by atoms with Crippen LogP contribution in [0.1, 0.15) is 53.7 Å². The molecule has 2 N–H and O–H groups in total. The third-order valence-electron chi connectivity index (χ3n) is 4.99. The SMILES string of the molecule is CCCc1c(OCc2cccn3c(=O)c(CCC(=O)O)cnc23)ccc(C(C)=O)c1O.[KH]. The number of aromatic nitrogens is 2. The van der Waals surface area contributed by atoms with E-state index in [1.807, 2.05) is 6.92 Å². The molecule has 0 saturated carbocycles. The fourth-order valence-electron chi connectivity index (χ4n) is 3.41. The van der Waals surface area contributed by atoms with E-state index in [-0.39, 0.29) is 93.5 Å². The van der Waals surface area contributed by atoms with Crippen molar-refractivity contribution in [3.05, 3.63) is 69.3 Å². The van der Waals surface area contributed by atoms with Gasteiger partial charge in [0, 0.05) is 35.5 Å². The summed E-state index contributed by atoms with van der Waals surface area (Å²) in [4.78, 5) is 39.5. The Kier molecular flexibility index (Phi) is 9.59. The minimum absolute atomic E-state index is 0. The van der Waals surface area contributed by atoms with Crippen molar-refractivity contribution in [3.63, 3.8) is 0 Å². The number of carboxylic acid groups (broad SMARTS) is 1. The van der Waals surface area contributed by atoms with Crippen molar-refractivity contribution in [2.24, 2.45) is 0 Å². The second-order valence-corrected chi connectivity index (χ2v) is 7.24. The summed E-state index contributed by atoms with van der Waals surface area (Å²) >= 11 is 0. The van der Waals surface area contributed by atoms with Gasteiger partial charge < -0.3 is 14.9 Å². The van der Waals surface area contributed by atoms with E-state index in [1.54, 1.807) is 24.4 Å². The first kappa shape index (κ1) is 26.2. The molecule has 164 valence electrons. The van der Waals surface area contributed by atoms with Gasteiger partial charge in [-0.3, -0.25) is 18.8 Å². The first-order valence-electron chi connectivity index (χ1n) is 10.0. The molecule has 9 heteroatoms. The molecule has 32 heavy (non-hydrogen) atoms. The van der Waals surface area contributed by atoms with Gasteiger partial charge in [0.05, 0.1) is 5.56 Å². The Bertz CT molecular complexity index is 1210. The summed E-state index contributed by atoms with van der Waals surface area (Å²) in [5, 5.41) is 19.3. The van der Waals surface area contributed by atoms with E-state index in [9.17, 15) is 19.5 Å². The van der Waals surface area contributed by atoms with Crippen LogP contribution >= 0.6 is 0 Å².